The fraction of sp³-hybridized carbons (Fsp3) is 0.333. The lowest BCUT2D eigenvalue weighted by Crippen LogP contribution is -2.34. The van der Waals surface area contributed by atoms with Crippen molar-refractivity contribution in [2.45, 2.75) is 26.4 Å². The van der Waals surface area contributed by atoms with Gasteiger partial charge in [-0.25, -0.2) is 0 Å². The van der Waals surface area contributed by atoms with E-state index in [-0.39, 0.29) is 36.3 Å². The van der Waals surface area contributed by atoms with Crippen molar-refractivity contribution in [2.75, 3.05) is 13.7 Å². The molecule has 0 spiro atoms. The molecule has 2 rings (SSSR count). The molecule has 0 aliphatic rings. The van der Waals surface area contributed by atoms with Crippen LogP contribution in [0.3, 0.4) is 0 Å². The van der Waals surface area contributed by atoms with Gasteiger partial charge in [-0.3, -0.25) is 9.59 Å². The highest BCUT2D eigenvalue weighted by atomic mass is 16.5. The third-order valence-electron chi connectivity index (χ3n) is 3.52. The first-order valence-corrected chi connectivity index (χ1v) is 7.78. The zero-order valence-corrected chi connectivity index (χ0v) is 14.4. The van der Waals surface area contributed by atoms with Gasteiger partial charge >= 0.3 is 5.97 Å². The lowest BCUT2D eigenvalue weighted by Gasteiger charge is -2.16. The smallest absolute Gasteiger partial charge is 0.311 e. The Labute approximate surface area is 145 Å². The van der Waals surface area contributed by atoms with Crippen LogP contribution in [0, 0.1) is 6.92 Å². The Morgan fingerprint density at radius 2 is 2.04 bits per heavy atom. The van der Waals surface area contributed by atoms with Crippen molar-refractivity contribution in [3.05, 3.63) is 47.4 Å². The highest BCUT2D eigenvalue weighted by Crippen LogP contribution is 2.20. The molecule has 1 amide bonds. The average molecular weight is 347 g/mol. The van der Waals surface area contributed by atoms with Crippen LogP contribution in [-0.4, -0.2) is 36.7 Å². The Hall–Kier alpha value is -2.96. The van der Waals surface area contributed by atoms with Gasteiger partial charge in [-0.1, -0.05) is 6.07 Å². The number of aliphatic carboxylic acids is 1. The zero-order valence-electron chi connectivity index (χ0n) is 14.4. The lowest BCUT2D eigenvalue weighted by atomic mass is 10.1. The van der Waals surface area contributed by atoms with Crippen molar-refractivity contribution in [2.24, 2.45) is 0 Å². The summed E-state index contributed by atoms with van der Waals surface area (Å²) in [6.07, 6.45) is 0.752. The summed E-state index contributed by atoms with van der Waals surface area (Å²) in [6, 6.07) is 7.17. The Morgan fingerprint density at radius 1 is 1.32 bits per heavy atom. The van der Waals surface area contributed by atoms with Crippen molar-refractivity contribution >= 4 is 11.9 Å². The van der Waals surface area contributed by atoms with E-state index in [1.54, 1.807) is 26.2 Å². The third-order valence-corrected chi connectivity index (χ3v) is 3.52. The number of ether oxygens (including phenoxy) is 2. The van der Waals surface area contributed by atoms with Crippen molar-refractivity contribution in [1.29, 1.82) is 0 Å². The predicted molar refractivity (Wildman–Crippen MR) is 90.2 cm³/mol. The Bertz CT molecular complexity index is 752. The Morgan fingerprint density at radius 3 is 2.72 bits per heavy atom. The maximum absolute atomic E-state index is 12.3. The Kier molecular flexibility index (Phi) is 6.05. The second kappa shape index (κ2) is 8.23. The number of carbonyl (C=O) groups is 2. The van der Waals surface area contributed by atoms with E-state index in [1.807, 2.05) is 19.1 Å². The molecule has 0 bridgehead atoms. The largest absolute Gasteiger partial charge is 0.497 e. The van der Waals surface area contributed by atoms with E-state index in [1.165, 1.54) is 6.26 Å². The quantitative estimate of drug-likeness (QED) is 0.761. The summed E-state index contributed by atoms with van der Waals surface area (Å²) in [6.45, 7) is 3.77. The summed E-state index contributed by atoms with van der Waals surface area (Å²) in [7, 11) is 1.57. The predicted octanol–water partition coefficient (Wildman–Crippen LogP) is 2.42. The first-order valence-electron chi connectivity index (χ1n) is 7.78. The van der Waals surface area contributed by atoms with Gasteiger partial charge in [-0.2, -0.15) is 0 Å². The van der Waals surface area contributed by atoms with Crippen LogP contribution in [0.25, 0.3) is 0 Å². The lowest BCUT2D eigenvalue weighted by molar-refractivity contribution is -0.136. The monoisotopic (exact) mass is 347 g/mol. The molecule has 7 nitrogen and oxygen atoms in total. The highest BCUT2D eigenvalue weighted by molar-refractivity contribution is 5.97. The minimum absolute atomic E-state index is 0.142. The molecule has 134 valence electrons. The van der Waals surface area contributed by atoms with Crippen LogP contribution in [0.15, 0.2) is 34.9 Å². The van der Waals surface area contributed by atoms with E-state index in [0.717, 1.165) is 0 Å². The molecule has 0 saturated heterocycles. The van der Waals surface area contributed by atoms with Gasteiger partial charge in [0.15, 0.2) is 0 Å². The molecule has 1 unspecified atom stereocenters. The van der Waals surface area contributed by atoms with E-state index in [2.05, 4.69) is 5.32 Å². The highest BCUT2D eigenvalue weighted by Gasteiger charge is 2.21. The van der Waals surface area contributed by atoms with Crippen molar-refractivity contribution in [3.8, 4) is 11.5 Å². The van der Waals surface area contributed by atoms with Crippen LogP contribution in [0.4, 0.5) is 0 Å². The molecule has 2 N–H and O–H groups in total. The normalized spacial score (nSPS) is 11.6. The number of carboxylic acids is 1. The van der Waals surface area contributed by atoms with E-state index in [0.29, 0.717) is 17.1 Å². The molecule has 0 aliphatic heterocycles. The number of nitrogens with one attached hydrogen (secondary N) is 1. The van der Waals surface area contributed by atoms with Gasteiger partial charge in [-0.05, 0) is 26.0 Å². The van der Waals surface area contributed by atoms with E-state index < -0.39 is 5.97 Å². The van der Waals surface area contributed by atoms with Crippen LogP contribution < -0.4 is 14.8 Å². The minimum Gasteiger partial charge on any atom is -0.497 e. The fourth-order valence-corrected chi connectivity index (χ4v) is 2.34. The van der Waals surface area contributed by atoms with E-state index in [4.69, 9.17) is 19.0 Å². The van der Waals surface area contributed by atoms with E-state index >= 15 is 0 Å². The molecule has 1 aromatic carbocycles. The first kappa shape index (κ1) is 18.4. The van der Waals surface area contributed by atoms with Crippen LogP contribution in [0.5, 0.6) is 11.5 Å². The van der Waals surface area contributed by atoms with Crippen molar-refractivity contribution < 1.29 is 28.6 Å². The van der Waals surface area contributed by atoms with Crippen LogP contribution >= 0.6 is 0 Å². The zero-order chi connectivity index (χ0) is 18.4. The number of rotatable bonds is 8. The molecular weight excluding hydrogens is 326 g/mol. The number of benzene rings is 1. The fourth-order valence-electron chi connectivity index (χ4n) is 2.34. The maximum atomic E-state index is 12.3. The summed E-state index contributed by atoms with van der Waals surface area (Å²) in [5.74, 6) is 0.0128. The van der Waals surface area contributed by atoms with Gasteiger partial charge in [-0.15, -0.1) is 0 Å². The van der Waals surface area contributed by atoms with Crippen LogP contribution in [-0.2, 0) is 11.2 Å². The molecule has 0 fully saturated rings. The summed E-state index contributed by atoms with van der Waals surface area (Å²) >= 11 is 0. The molecule has 1 aromatic heterocycles. The number of aryl methyl sites for hydroxylation is 1. The molecule has 25 heavy (non-hydrogen) atoms. The van der Waals surface area contributed by atoms with E-state index in [9.17, 15) is 9.59 Å². The van der Waals surface area contributed by atoms with Crippen molar-refractivity contribution in [3.63, 3.8) is 0 Å². The van der Waals surface area contributed by atoms with Crippen molar-refractivity contribution in [1.82, 2.24) is 5.32 Å². The molecule has 0 radical (unpaired) electrons. The van der Waals surface area contributed by atoms with Gasteiger partial charge in [0.05, 0.1) is 25.5 Å². The molecule has 0 saturated carbocycles. The number of hydrogen-bond acceptors (Lipinski definition) is 5. The molecule has 0 aliphatic carbocycles. The first-order chi connectivity index (χ1) is 11.9. The number of furan rings is 1. The van der Waals surface area contributed by atoms with Gasteiger partial charge in [0, 0.05) is 11.6 Å². The standard InChI is InChI=1S/C18H21NO6/c1-11-10-24-15(8-16(20)21)17(11)18(22)19-9-12(2)25-14-6-4-5-13(7-14)23-3/h4-7,10,12H,8-9H2,1-3H3,(H,19,22)(H,20,21). The molecule has 1 atom stereocenters. The van der Waals surface area contributed by atoms with Gasteiger partial charge < -0.3 is 24.3 Å². The van der Waals surface area contributed by atoms with Gasteiger partial charge in [0.1, 0.15) is 29.8 Å². The van der Waals surface area contributed by atoms with Crippen LogP contribution in [0.1, 0.15) is 28.6 Å². The number of methoxy groups -OCH3 is 1. The molecule has 7 heteroatoms. The second-order valence-corrected chi connectivity index (χ2v) is 5.60. The average Bonchev–Trinajstić information content (AvgIpc) is 2.92. The molecular formula is C18H21NO6. The SMILES string of the molecule is COc1cccc(OC(C)CNC(=O)c2c(C)coc2CC(=O)O)c1. The topological polar surface area (TPSA) is 98.0 Å². The van der Waals surface area contributed by atoms with Crippen LogP contribution in [0.2, 0.25) is 0 Å². The Balaban J connectivity index is 1.95. The number of carbonyl (C=O) groups excluding carboxylic acids is 1. The number of amides is 1. The summed E-state index contributed by atoms with van der Waals surface area (Å²) < 4.78 is 16.0. The summed E-state index contributed by atoms with van der Waals surface area (Å²) in [5.41, 5.74) is 0.853. The minimum atomic E-state index is -1.06. The molecule has 1 heterocycles. The maximum Gasteiger partial charge on any atom is 0.311 e. The third kappa shape index (κ3) is 5.00. The molecule has 2 aromatic rings. The summed E-state index contributed by atoms with van der Waals surface area (Å²) in [5, 5.41) is 11.6. The van der Waals surface area contributed by atoms with Gasteiger partial charge in [0.2, 0.25) is 0 Å². The summed E-state index contributed by atoms with van der Waals surface area (Å²) in [4.78, 5) is 23.2. The second-order valence-electron chi connectivity index (χ2n) is 5.60. The number of carboxylic acid groups (broad SMARTS) is 1. The van der Waals surface area contributed by atoms with Gasteiger partial charge in [0.25, 0.3) is 5.91 Å². The number of hydrogen-bond donors (Lipinski definition) is 2.